The van der Waals surface area contributed by atoms with Gasteiger partial charge < -0.3 is 14.4 Å². The molecule has 0 bridgehead atoms. The van der Waals surface area contributed by atoms with Crippen LogP contribution in [0.25, 0.3) is 0 Å². The number of nitrogens with zero attached hydrogens (tertiary/aromatic N) is 3. The number of para-hydroxylation sites is 2. The third kappa shape index (κ3) is 4.91. The zero-order valence-corrected chi connectivity index (χ0v) is 18.4. The van der Waals surface area contributed by atoms with Gasteiger partial charge in [0.05, 0.1) is 12.9 Å². The SMILES string of the molecule is COc1ccccc1OCC1(C(=O)CSC(C)=O)SCCN1N1C=CN(C)C=C1. The van der Waals surface area contributed by atoms with Crippen molar-refractivity contribution in [1.29, 1.82) is 0 Å². The highest BCUT2D eigenvalue weighted by atomic mass is 32.2. The standard InChI is InChI=1S/C20H25N3O4S2/c1-16(24)28-14-19(25)20(15-27-18-7-5-4-6-17(18)26-3)23(12-13-29-20)22-10-8-21(2)9-11-22/h4-11H,12-15H2,1-3H3. The Morgan fingerprint density at radius 1 is 1.17 bits per heavy atom. The summed E-state index contributed by atoms with van der Waals surface area (Å²) in [6.07, 6.45) is 7.66. The van der Waals surface area contributed by atoms with Gasteiger partial charge in [-0.05, 0) is 12.1 Å². The molecule has 2 aliphatic rings. The third-order valence-electron chi connectivity index (χ3n) is 4.58. The fraction of sp³-hybridized carbons (Fsp3) is 0.400. The van der Waals surface area contributed by atoms with E-state index < -0.39 is 4.87 Å². The number of ketones is 1. The van der Waals surface area contributed by atoms with Crippen molar-refractivity contribution in [1.82, 2.24) is 14.9 Å². The largest absolute Gasteiger partial charge is 0.493 e. The maximum absolute atomic E-state index is 13.3. The number of ether oxygens (including phenoxy) is 2. The van der Waals surface area contributed by atoms with Crippen LogP contribution in [-0.2, 0) is 9.59 Å². The number of rotatable bonds is 8. The van der Waals surface area contributed by atoms with Crippen LogP contribution in [0.1, 0.15) is 6.92 Å². The van der Waals surface area contributed by atoms with E-state index in [0.29, 0.717) is 18.0 Å². The van der Waals surface area contributed by atoms with Crippen LogP contribution in [-0.4, -0.2) is 69.5 Å². The number of thioether (sulfide) groups is 2. The lowest BCUT2D eigenvalue weighted by Crippen LogP contribution is -2.58. The molecule has 1 aromatic rings. The summed E-state index contributed by atoms with van der Waals surface area (Å²) < 4.78 is 11.5. The van der Waals surface area contributed by atoms with Gasteiger partial charge in [0.2, 0.25) is 0 Å². The van der Waals surface area contributed by atoms with Crippen molar-refractivity contribution < 1.29 is 19.1 Å². The van der Waals surface area contributed by atoms with Crippen molar-refractivity contribution in [2.24, 2.45) is 0 Å². The van der Waals surface area contributed by atoms with Crippen molar-refractivity contribution in [3.63, 3.8) is 0 Å². The molecule has 156 valence electrons. The Morgan fingerprint density at radius 3 is 2.52 bits per heavy atom. The summed E-state index contributed by atoms with van der Waals surface area (Å²) in [5.74, 6) is 2.03. The van der Waals surface area contributed by atoms with Gasteiger partial charge in [0, 0.05) is 51.1 Å². The van der Waals surface area contributed by atoms with E-state index in [2.05, 4.69) is 0 Å². The zero-order chi connectivity index (χ0) is 20.9. The lowest BCUT2D eigenvalue weighted by molar-refractivity contribution is -0.130. The van der Waals surface area contributed by atoms with Crippen molar-refractivity contribution >= 4 is 34.4 Å². The van der Waals surface area contributed by atoms with Crippen LogP contribution in [0.3, 0.4) is 0 Å². The second kappa shape index (κ2) is 9.60. The molecule has 1 unspecified atom stereocenters. The predicted molar refractivity (Wildman–Crippen MR) is 116 cm³/mol. The number of benzene rings is 1. The summed E-state index contributed by atoms with van der Waals surface area (Å²) in [7, 11) is 3.53. The Bertz CT molecular complexity index is 803. The molecule has 0 radical (unpaired) electrons. The Kier molecular flexibility index (Phi) is 7.15. The van der Waals surface area contributed by atoms with Gasteiger partial charge in [-0.25, -0.2) is 0 Å². The van der Waals surface area contributed by atoms with Gasteiger partial charge >= 0.3 is 0 Å². The minimum Gasteiger partial charge on any atom is -0.493 e. The third-order valence-corrected chi connectivity index (χ3v) is 6.82. The topological polar surface area (TPSA) is 62.3 Å². The first-order valence-corrected chi connectivity index (χ1v) is 11.1. The Labute approximate surface area is 179 Å². The number of Topliss-reactive ketones (excluding diaryl/α,β-unsaturated/α-hetero) is 1. The Balaban J connectivity index is 1.87. The van der Waals surface area contributed by atoms with E-state index in [-0.39, 0.29) is 23.3 Å². The molecule has 1 atom stereocenters. The second-order valence-electron chi connectivity index (χ2n) is 6.54. The molecule has 1 aromatic carbocycles. The first-order chi connectivity index (χ1) is 14.0. The van der Waals surface area contributed by atoms with Crippen LogP contribution >= 0.6 is 23.5 Å². The fourth-order valence-corrected chi connectivity index (χ4v) is 5.06. The van der Waals surface area contributed by atoms with Crippen molar-refractivity contribution in [2.45, 2.75) is 11.8 Å². The molecule has 0 amide bonds. The van der Waals surface area contributed by atoms with Crippen molar-refractivity contribution in [3.8, 4) is 11.5 Å². The lowest BCUT2D eigenvalue weighted by Gasteiger charge is -2.41. The molecule has 0 aliphatic carbocycles. The molecule has 1 saturated heterocycles. The van der Waals surface area contributed by atoms with Gasteiger partial charge in [-0.2, -0.15) is 5.01 Å². The van der Waals surface area contributed by atoms with E-state index in [1.165, 1.54) is 6.92 Å². The van der Waals surface area contributed by atoms with Crippen LogP contribution in [0.2, 0.25) is 0 Å². The van der Waals surface area contributed by atoms with E-state index >= 15 is 0 Å². The van der Waals surface area contributed by atoms with Crippen molar-refractivity contribution in [3.05, 3.63) is 49.1 Å². The second-order valence-corrected chi connectivity index (χ2v) is 9.07. The summed E-state index contributed by atoms with van der Waals surface area (Å²) in [5, 5.41) is 3.85. The van der Waals surface area contributed by atoms with Crippen LogP contribution in [0, 0.1) is 0 Å². The van der Waals surface area contributed by atoms with E-state index in [4.69, 9.17) is 9.47 Å². The molecule has 29 heavy (non-hydrogen) atoms. The number of hydrogen-bond acceptors (Lipinski definition) is 9. The molecule has 0 spiro atoms. The molecule has 1 fully saturated rings. The van der Waals surface area contributed by atoms with E-state index in [1.54, 1.807) is 18.9 Å². The minimum atomic E-state index is -0.937. The predicted octanol–water partition coefficient (Wildman–Crippen LogP) is 2.77. The molecule has 9 heteroatoms. The molecular weight excluding hydrogens is 410 g/mol. The van der Waals surface area contributed by atoms with E-state index in [9.17, 15) is 9.59 Å². The molecule has 0 aromatic heterocycles. The van der Waals surface area contributed by atoms with Gasteiger partial charge in [-0.1, -0.05) is 23.9 Å². The molecule has 2 heterocycles. The number of carbonyl (C=O) groups excluding carboxylic acids is 2. The summed E-state index contributed by atoms with van der Waals surface area (Å²) in [5.41, 5.74) is 0. The number of hydrogen-bond donors (Lipinski definition) is 0. The summed E-state index contributed by atoms with van der Waals surface area (Å²) in [6, 6.07) is 7.37. The maximum atomic E-state index is 13.3. The summed E-state index contributed by atoms with van der Waals surface area (Å²) in [4.78, 5) is 25.8. The normalized spacial score (nSPS) is 21.5. The molecule has 0 saturated carbocycles. The van der Waals surface area contributed by atoms with Gasteiger partial charge in [-0.15, -0.1) is 11.8 Å². The first kappa shape index (κ1) is 21.6. The molecule has 3 rings (SSSR count). The number of hydrazine groups is 1. The first-order valence-electron chi connectivity index (χ1n) is 9.17. The van der Waals surface area contributed by atoms with E-state index in [1.807, 2.05) is 71.0 Å². The zero-order valence-electron chi connectivity index (χ0n) is 16.7. The Morgan fingerprint density at radius 2 is 1.86 bits per heavy atom. The Hall–Kier alpha value is -2.10. The molecule has 2 aliphatic heterocycles. The molecule has 0 N–H and O–H groups in total. The fourth-order valence-electron chi connectivity index (χ4n) is 3.08. The summed E-state index contributed by atoms with van der Waals surface area (Å²) >= 11 is 2.58. The smallest absolute Gasteiger partial charge is 0.186 e. The maximum Gasteiger partial charge on any atom is 0.186 e. The van der Waals surface area contributed by atoms with Gasteiger partial charge in [0.1, 0.15) is 6.61 Å². The van der Waals surface area contributed by atoms with Gasteiger partial charge in [-0.3, -0.25) is 14.6 Å². The quantitative estimate of drug-likeness (QED) is 0.613. The van der Waals surface area contributed by atoms with Crippen LogP contribution in [0.4, 0.5) is 0 Å². The van der Waals surface area contributed by atoms with Crippen LogP contribution in [0.15, 0.2) is 49.1 Å². The number of methoxy groups -OCH3 is 1. The highest BCUT2D eigenvalue weighted by Gasteiger charge is 2.51. The average molecular weight is 436 g/mol. The lowest BCUT2D eigenvalue weighted by atomic mass is 10.2. The van der Waals surface area contributed by atoms with Crippen molar-refractivity contribution in [2.75, 3.05) is 38.8 Å². The molecule has 7 nitrogen and oxygen atoms in total. The average Bonchev–Trinajstić information content (AvgIpc) is 3.16. The minimum absolute atomic E-state index is 0.0455. The highest BCUT2D eigenvalue weighted by molar-refractivity contribution is 8.14. The number of carbonyl (C=O) groups is 2. The monoisotopic (exact) mass is 435 g/mol. The van der Waals surface area contributed by atoms with Crippen LogP contribution in [0.5, 0.6) is 11.5 Å². The van der Waals surface area contributed by atoms with Crippen LogP contribution < -0.4 is 9.47 Å². The van der Waals surface area contributed by atoms with Gasteiger partial charge in [0.25, 0.3) is 0 Å². The molecular formula is C20H25N3O4S2. The van der Waals surface area contributed by atoms with E-state index in [0.717, 1.165) is 17.5 Å². The highest BCUT2D eigenvalue weighted by Crippen LogP contribution is 2.40. The summed E-state index contributed by atoms with van der Waals surface area (Å²) in [6.45, 7) is 2.31. The van der Waals surface area contributed by atoms with Gasteiger partial charge in [0.15, 0.2) is 27.3 Å².